The average Bonchev–Trinajstić information content (AvgIpc) is 1.69. The Morgan fingerprint density at radius 1 is 1.71 bits per heavy atom. The third-order valence-electron chi connectivity index (χ3n) is 0.634. The monoisotopic (exact) mass is 122 g/mol. The lowest BCUT2D eigenvalue weighted by Crippen LogP contribution is -1.76. The summed E-state index contributed by atoms with van der Waals surface area (Å²) in [5.41, 5.74) is 0. The lowest BCUT2D eigenvalue weighted by molar-refractivity contribution is -0.116. The van der Waals surface area contributed by atoms with Crippen molar-refractivity contribution in [1.82, 2.24) is 0 Å². The summed E-state index contributed by atoms with van der Waals surface area (Å²) in [4.78, 5) is 0. The van der Waals surface area contributed by atoms with E-state index in [2.05, 4.69) is 11.3 Å². The molecule has 0 fully saturated rings. The van der Waals surface area contributed by atoms with Crippen molar-refractivity contribution in [3.63, 3.8) is 0 Å². The summed E-state index contributed by atoms with van der Waals surface area (Å²) in [5.74, 6) is 0.882. The fourth-order valence-corrected chi connectivity index (χ4v) is 0.722. The van der Waals surface area contributed by atoms with Gasteiger partial charge in [-0.2, -0.15) is 4.33 Å². The number of hydrogen-bond acceptors (Lipinski definition) is 3. The van der Waals surface area contributed by atoms with Crippen LogP contribution in [0.25, 0.3) is 0 Å². The molecule has 0 aromatic rings. The van der Waals surface area contributed by atoms with Crippen molar-refractivity contribution >= 4 is 12.0 Å². The normalized spacial score (nSPS) is 9.43. The Morgan fingerprint density at radius 3 is 2.86 bits per heavy atom. The summed E-state index contributed by atoms with van der Waals surface area (Å²) in [6, 6.07) is 0. The van der Waals surface area contributed by atoms with Gasteiger partial charge in [0.2, 0.25) is 0 Å². The highest BCUT2D eigenvalue weighted by Gasteiger charge is 1.82. The minimum Gasteiger partial charge on any atom is -0.239 e. The van der Waals surface area contributed by atoms with E-state index in [0.29, 0.717) is 0 Å². The Kier molecular flexibility index (Phi) is 6.51. The molecule has 0 unspecified atom stereocenters. The molecular weight excluding hydrogens is 112 g/mol. The van der Waals surface area contributed by atoms with Crippen LogP contribution < -0.4 is 0 Å². The summed E-state index contributed by atoms with van der Waals surface area (Å²) in [7, 11) is 0. The van der Waals surface area contributed by atoms with E-state index in [1.54, 1.807) is 0 Å². The van der Waals surface area contributed by atoms with Crippen molar-refractivity contribution in [3.8, 4) is 0 Å². The number of unbranched alkanes of at least 4 members (excludes halogenated alkanes) is 1. The van der Waals surface area contributed by atoms with Crippen LogP contribution in [0.4, 0.5) is 0 Å². The molecule has 0 aromatic carbocycles. The molecule has 0 saturated heterocycles. The van der Waals surface area contributed by atoms with Crippen LogP contribution in [0.3, 0.4) is 0 Å². The first-order valence-electron chi connectivity index (χ1n) is 2.35. The van der Waals surface area contributed by atoms with E-state index >= 15 is 0 Å². The molecule has 0 aliphatic heterocycles. The zero-order valence-electron chi connectivity index (χ0n) is 4.39. The smallest absolute Gasteiger partial charge is 0.0311 e. The van der Waals surface area contributed by atoms with Crippen LogP contribution in [0.2, 0.25) is 0 Å². The van der Waals surface area contributed by atoms with Gasteiger partial charge in [0.05, 0.1) is 0 Å². The lowest BCUT2D eigenvalue weighted by atomic mass is 10.4. The van der Waals surface area contributed by atoms with Gasteiger partial charge in [-0.25, -0.2) is 5.26 Å². The molecule has 0 aliphatic rings. The molecule has 0 aliphatic carbocycles. The predicted octanol–water partition coefficient (Wildman–Crippen LogP) is 1.92. The zero-order valence-corrected chi connectivity index (χ0v) is 5.20. The van der Waals surface area contributed by atoms with E-state index in [9.17, 15) is 0 Å². The van der Waals surface area contributed by atoms with Gasteiger partial charge in [0.15, 0.2) is 0 Å². The van der Waals surface area contributed by atoms with Crippen LogP contribution in [0.5, 0.6) is 0 Å². The van der Waals surface area contributed by atoms with Gasteiger partial charge in [-0.1, -0.05) is 13.3 Å². The molecule has 3 heteroatoms. The predicted molar refractivity (Wildman–Crippen MR) is 31.1 cm³/mol. The molecule has 7 heavy (non-hydrogen) atoms. The molecule has 0 amide bonds. The molecule has 0 saturated carbocycles. The van der Waals surface area contributed by atoms with E-state index in [1.165, 1.54) is 0 Å². The van der Waals surface area contributed by atoms with Gasteiger partial charge in [0, 0.05) is 17.8 Å². The van der Waals surface area contributed by atoms with Crippen molar-refractivity contribution in [3.05, 3.63) is 0 Å². The molecule has 0 atom stereocenters. The molecule has 0 heterocycles. The standard InChI is InChI=1S/C4H10O2S/c1-2-3-4-7-6-5/h5H,2-4H2,1H3. The average molecular weight is 122 g/mol. The van der Waals surface area contributed by atoms with E-state index in [-0.39, 0.29) is 0 Å². The van der Waals surface area contributed by atoms with E-state index < -0.39 is 0 Å². The highest BCUT2D eigenvalue weighted by Crippen LogP contribution is 2.02. The van der Waals surface area contributed by atoms with Crippen molar-refractivity contribution in [1.29, 1.82) is 0 Å². The zero-order chi connectivity index (χ0) is 5.54. The first-order valence-corrected chi connectivity index (χ1v) is 3.26. The van der Waals surface area contributed by atoms with E-state index in [0.717, 1.165) is 30.6 Å². The van der Waals surface area contributed by atoms with Crippen molar-refractivity contribution < 1.29 is 9.59 Å². The summed E-state index contributed by atoms with van der Waals surface area (Å²) in [6.45, 7) is 2.10. The van der Waals surface area contributed by atoms with Gasteiger partial charge in [-0.05, 0) is 6.42 Å². The van der Waals surface area contributed by atoms with E-state index in [4.69, 9.17) is 5.26 Å². The molecule has 0 aromatic heterocycles. The maximum atomic E-state index is 7.76. The molecule has 0 bridgehead atoms. The molecule has 0 radical (unpaired) electrons. The Labute approximate surface area is 48.0 Å². The topological polar surface area (TPSA) is 29.5 Å². The minimum atomic E-state index is 0.882. The second-order valence-electron chi connectivity index (χ2n) is 1.25. The molecular formula is C4H10O2S. The van der Waals surface area contributed by atoms with Crippen LogP contribution in [0, 0.1) is 0 Å². The van der Waals surface area contributed by atoms with Crippen LogP contribution in [0.15, 0.2) is 0 Å². The minimum absolute atomic E-state index is 0.882. The lowest BCUT2D eigenvalue weighted by Gasteiger charge is -1.89. The summed E-state index contributed by atoms with van der Waals surface area (Å²) in [6.07, 6.45) is 2.25. The summed E-state index contributed by atoms with van der Waals surface area (Å²) < 4.78 is 3.76. The van der Waals surface area contributed by atoms with Crippen LogP contribution in [-0.2, 0) is 4.33 Å². The molecule has 0 rings (SSSR count). The third kappa shape index (κ3) is 6.27. The van der Waals surface area contributed by atoms with Gasteiger partial charge < -0.3 is 0 Å². The van der Waals surface area contributed by atoms with Gasteiger partial charge in [-0.15, -0.1) is 0 Å². The van der Waals surface area contributed by atoms with Crippen molar-refractivity contribution in [2.75, 3.05) is 5.75 Å². The van der Waals surface area contributed by atoms with Crippen molar-refractivity contribution in [2.24, 2.45) is 0 Å². The van der Waals surface area contributed by atoms with E-state index in [1.807, 2.05) is 0 Å². The van der Waals surface area contributed by atoms with Gasteiger partial charge in [0.25, 0.3) is 0 Å². The molecule has 44 valence electrons. The SMILES string of the molecule is CCCCSOO. The largest absolute Gasteiger partial charge is 0.239 e. The molecule has 1 N–H and O–H groups in total. The number of hydrogen-bond donors (Lipinski definition) is 1. The second-order valence-corrected chi connectivity index (χ2v) is 2.04. The van der Waals surface area contributed by atoms with Crippen LogP contribution in [-0.4, -0.2) is 11.0 Å². The highest BCUT2D eigenvalue weighted by atomic mass is 32.2. The number of rotatable bonds is 4. The third-order valence-corrected chi connectivity index (χ3v) is 1.19. The Morgan fingerprint density at radius 2 is 2.43 bits per heavy atom. The summed E-state index contributed by atoms with van der Waals surface area (Å²) >= 11 is 1.09. The Hall–Kier alpha value is 0.270. The van der Waals surface area contributed by atoms with Gasteiger partial charge >= 0.3 is 0 Å². The molecule has 2 nitrogen and oxygen atoms in total. The van der Waals surface area contributed by atoms with Crippen molar-refractivity contribution in [2.45, 2.75) is 19.8 Å². The van der Waals surface area contributed by atoms with Crippen LogP contribution in [0.1, 0.15) is 19.8 Å². The second kappa shape index (κ2) is 6.27. The Balaban J connectivity index is 2.45. The fourth-order valence-electron chi connectivity index (χ4n) is 0.241. The molecule has 0 spiro atoms. The van der Waals surface area contributed by atoms with Crippen LogP contribution >= 0.6 is 12.0 Å². The van der Waals surface area contributed by atoms with Gasteiger partial charge in [-0.3, -0.25) is 0 Å². The first kappa shape index (κ1) is 7.27. The fraction of sp³-hybridized carbons (Fsp3) is 1.00. The summed E-state index contributed by atoms with van der Waals surface area (Å²) in [5, 5.41) is 7.76. The quantitative estimate of drug-likeness (QED) is 0.267. The Bertz CT molecular complexity index is 28.9. The maximum absolute atomic E-state index is 7.76. The highest BCUT2D eigenvalue weighted by molar-refractivity contribution is 7.94. The maximum Gasteiger partial charge on any atom is 0.0311 e. The van der Waals surface area contributed by atoms with Gasteiger partial charge in [0.1, 0.15) is 0 Å². The first-order chi connectivity index (χ1) is 3.41.